The van der Waals surface area contributed by atoms with E-state index in [9.17, 15) is 18.0 Å². The molecule has 0 aliphatic carbocycles. The van der Waals surface area contributed by atoms with Crippen molar-refractivity contribution in [2.45, 2.75) is 65.6 Å². The fraction of sp³-hybridized carbons (Fsp3) is 0.452. The van der Waals surface area contributed by atoms with Crippen molar-refractivity contribution in [3.05, 3.63) is 77.5 Å². The van der Waals surface area contributed by atoms with Crippen LogP contribution in [0.15, 0.2) is 77.0 Å². The molecule has 40 heavy (non-hydrogen) atoms. The predicted octanol–water partition coefficient (Wildman–Crippen LogP) is 6.59. The number of likely N-dealkylation sites (tertiary alicyclic amines) is 1. The first-order chi connectivity index (χ1) is 19.0. The van der Waals surface area contributed by atoms with Crippen molar-refractivity contribution in [3.63, 3.8) is 0 Å². The third kappa shape index (κ3) is 15.7. The Kier molecular flexibility index (Phi) is 19.3. The van der Waals surface area contributed by atoms with Gasteiger partial charge in [-0.25, -0.2) is 0 Å². The number of hydrogen-bond acceptors (Lipinski definition) is 5. The number of halogens is 3. The average molecular weight is 560 g/mol. The number of aliphatic imine (C=N–C) groups is 1. The second-order valence-corrected chi connectivity index (χ2v) is 8.99. The second-order valence-electron chi connectivity index (χ2n) is 8.99. The molecule has 1 aliphatic heterocycles. The fourth-order valence-electron chi connectivity index (χ4n) is 3.58. The number of rotatable bonds is 11. The highest BCUT2D eigenvalue weighted by Crippen LogP contribution is 2.28. The van der Waals surface area contributed by atoms with Crippen molar-refractivity contribution in [2.24, 2.45) is 10.7 Å². The summed E-state index contributed by atoms with van der Waals surface area (Å²) >= 11 is 0. The molecule has 3 N–H and O–H groups in total. The van der Waals surface area contributed by atoms with Crippen LogP contribution in [-0.2, 0) is 4.79 Å². The smallest absolute Gasteiger partial charge is 0.394 e. The number of benzene rings is 1. The lowest BCUT2D eigenvalue weighted by Gasteiger charge is -2.18. The van der Waals surface area contributed by atoms with Crippen LogP contribution in [0.2, 0.25) is 0 Å². The first kappa shape index (κ1) is 36.4. The molecule has 1 saturated heterocycles. The molecule has 1 fully saturated rings. The molecule has 1 aromatic rings. The number of nitriles is 1. The van der Waals surface area contributed by atoms with Crippen molar-refractivity contribution in [2.75, 3.05) is 26.2 Å². The van der Waals surface area contributed by atoms with Crippen LogP contribution < -0.4 is 11.1 Å². The SMILES string of the molecule is C/C=C/CN1CCCC1C.C=C(/C=C(/C#N)CC)CCNC=O.CCN=C/C(=C(\N)C(F)(F)F)c1ccccc1. The van der Waals surface area contributed by atoms with Crippen molar-refractivity contribution in [3.8, 4) is 6.07 Å². The first-order valence-electron chi connectivity index (χ1n) is 13.5. The highest BCUT2D eigenvalue weighted by atomic mass is 19.4. The molecule has 0 radical (unpaired) electrons. The molecule has 1 amide bonds. The summed E-state index contributed by atoms with van der Waals surface area (Å²) in [6, 6.07) is 11.1. The molecule has 220 valence electrons. The summed E-state index contributed by atoms with van der Waals surface area (Å²) in [6.45, 7) is 15.3. The van der Waals surface area contributed by atoms with E-state index >= 15 is 0 Å². The number of carbonyl (C=O) groups is 1. The minimum Gasteiger partial charge on any atom is -0.394 e. The Morgan fingerprint density at radius 1 is 1.30 bits per heavy atom. The lowest BCUT2D eigenvalue weighted by Crippen LogP contribution is -2.26. The molecular formula is C31H44F3N5O. The lowest BCUT2D eigenvalue weighted by molar-refractivity contribution is -0.109. The summed E-state index contributed by atoms with van der Waals surface area (Å²) in [5.41, 5.74) is 5.90. The highest BCUT2D eigenvalue weighted by molar-refractivity contribution is 6.11. The number of amides is 1. The Morgan fingerprint density at radius 2 is 1.98 bits per heavy atom. The van der Waals surface area contributed by atoms with Gasteiger partial charge in [-0.1, -0.05) is 61.6 Å². The van der Waals surface area contributed by atoms with Gasteiger partial charge in [-0.3, -0.25) is 14.7 Å². The largest absolute Gasteiger partial charge is 0.431 e. The normalized spacial score (nSPS) is 16.4. The van der Waals surface area contributed by atoms with Crippen molar-refractivity contribution in [1.29, 1.82) is 5.26 Å². The molecule has 1 unspecified atom stereocenters. The van der Waals surface area contributed by atoms with Crippen LogP contribution in [-0.4, -0.2) is 55.9 Å². The summed E-state index contributed by atoms with van der Waals surface area (Å²) in [5, 5.41) is 11.2. The van der Waals surface area contributed by atoms with Crippen molar-refractivity contribution < 1.29 is 18.0 Å². The van der Waals surface area contributed by atoms with Gasteiger partial charge in [0.2, 0.25) is 6.41 Å². The Bertz CT molecular complexity index is 1040. The second kappa shape index (κ2) is 21.2. The van der Waals surface area contributed by atoms with Gasteiger partial charge >= 0.3 is 6.18 Å². The van der Waals surface area contributed by atoms with Crippen LogP contribution in [0.5, 0.6) is 0 Å². The highest BCUT2D eigenvalue weighted by Gasteiger charge is 2.34. The van der Waals surface area contributed by atoms with Gasteiger partial charge < -0.3 is 11.1 Å². The third-order valence-electron chi connectivity index (χ3n) is 5.93. The van der Waals surface area contributed by atoms with Gasteiger partial charge in [0.15, 0.2) is 0 Å². The van der Waals surface area contributed by atoms with Gasteiger partial charge in [-0.15, -0.1) is 0 Å². The standard InChI is InChI=1S/C12H13F3N2.C10H14N2O.C9H17N/c1-2-17-8-10(11(16)12(13,14)15)9-6-4-3-5-7-9;1-3-10(7-11)6-9(2)4-5-12-8-13;1-3-4-7-10-8-5-6-9(10)2/h3-8H,2,16H2,1H3;6,8H,2-5H2,1H3,(H,12,13);3-4,9H,5-8H2,1-2H3/b11-10+,17-8?;10-6+;4-3+. The van der Waals surface area contributed by atoms with Crippen molar-refractivity contribution in [1.82, 2.24) is 10.2 Å². The van der Waals surface area contributed by atoms with E-state index in [-0.39, 0.29) is 5.57 Å². The number of hydrogen-bond donors (Lipinski definition) is 2. The molecular weight excluding hydrogens is 515 g/mol. The number of nitrogens with one attached hydrogen (secondary N) is 1. The van der Waals surface area contributed by atoms with Gasteiger partial charge in [0.05, 0.1) is 6.07 Å². The van der Waals surface area contributed by atoms with Crippen LogP contribution in [0.4, 0.5) is 13.2 Å². The van der Waals surface area contributed by atoms with E-state index in [0.717, 1.165) is 36.4 Å². The van der Waals surface area contributed by atoms with Gasteiger partial charge in [-0.2, -0.15) is 18.4 Å². The van der Waals surface area contributed by atoms with Gasteiger partial charge in [0.25, 0.3) is 0 Å². The molecule has 0 spiro atoms. The van der Waals surface area contributed by atoms with Crippen LogP contribution >= 0.6 is 0 Å². The molecule has 1 atom stereocenters. The fourth-order valence-corrected chi connectivity index (χ4v) is 3.58. The summed E-state index contributed by atoms with van der Waals surface area (Å²) in [6.07, 6.45) is 7.58. The van der Waals surface area contributed by atoms with E-state index < -0.39 is 11.9 Å². The zero-order chi connectivity index (χ0) is 30.4. The quantitative estimate of drug-likeness (QED) is 0.0798. The maximum Gasteiger partial charge on any atom is 0.431 e. The maximum absolute atomic E-state index is 12.6. The Morgan fingerprint density at radius 3 is 2.45 bits per heavy atom. The molecule has 2 rings (SSSR count). The number of carbonyl (C=O) groups excluding carboxylic acids is 1. The molecule has 1 aliphatic rings. The average Bonchev–Trinajstić information content (AvgIpc) is 3.36. The maximum atomic E-state index is 12.6. The topological polar surface area (TPSA) is 94.5 Å². The monoisotopic (exact) mass is 559 g/mol. The lowest BCUT2D eigenvalue weighted by atomic mass is 10.0. The molecule has 6 nitrogen and oxygen atoms in total. The predicted molar refractivity (Wildman–Crippen MR) is 160 cm³/mol. The molecule has 9 heteroatoms. The van der Waals surface area contributed by atoms with Crippen LogP contribution in [0.25, 0.3) is 5.57 Å². The Balaban J connectivity index is 0.000000592. The van der Waals surface area contributed by atoms with Crippen molar-refractivity contribution >= 4 is 18.2 Å². The van der Waals surface area contributed by atoms with Crippen LogP contribution in [0.3, 0.4) is 0 Å². The first-order valence-corrected chi connectivity index (χ1v) is 13.5. The van der Waals surface area contributed by atoms with E-state index in [1.807, 2.05) is 6.92 Å². The molecule has 1 heterocycles. The van der Waals surface area contributed by atoms with Gasteiger partial charge in [0, 0.05) is 43.0 Å². The number of alkyl halides is 3. The molecule has 0 bridgehead atoms. The van der Waals surface area contributed by atoms with Gasteiger partial charge in [0.1, 0.15) is 5.70 Å². The number of nitrogens with zero attached hydrogens (tertiary/aromatic N) is 3. The number of nitrogens with two attached hydrogens (primary N) is 1. The minimum absolute atomic E-state index is 0.0973. The van der Waals surface area contributed by atoms with E-state index in [4.69, 9.17) is 11.0 Å². The summed E-state index contributed by atoms with van der Waals surface area (Å²) in [5.74, 6) is 0. The zero-order valence-corrected chi connectivity index (χ0v) is 24.2. The molecule has 0 saturated carbocycles. The Labute approximate surface area is 237 Å². The van der Waals surface area contributed by atoms with Crippen LogP contribution in [0.1, 0.15) is 58.9 Å². The summed E-state index contributed by atoms with van der Waals surface area (Å²) < 4.78 is 37.7. The van der Waals surface area contributed by atoms with E-state index in [1.165, 1.54) is 19.4 Å². The van der Waals surface area contributed by atoms with E-state index in [2.05, 4.69) is 53.9 Å². The summed E-state index contributed by atoms with van der Waals surface area (Å²) in [7, 11) is 0. The Hall–Kier alpha value is -3.64. The molecule has 0 aromatic heterocycles. The molecule has 1 aromatic carbocycles. The third-order valence-corrected chi connectivity index (χ3v) is 5.93. The summed E-state index contributed by atoms with van der Waals surface area (Å²) in [4.78, 5) is 16.3. The van der Waals surface area contributed by atoms with Gasteiger partial charge in [-0.05, 0) is 64.6 Å². The van der Waals surface area contributed by atoms with Crippen LogP contribution in [0, 0.1) is 11.3 Å². The van der Waals surface area contributed by atoms with E-state index in [1.54, 1.807) is 43.3 Å². The van der Waals surface area contributed by atoms with E-state index in [0.29, 0.717) is 31.5 Å². The minimum atomic E-state index is -4.55. The number of allylic oxidation sites excluding steroid dienone is 5. The zero-order valence-electron chi connectivity index (χ0n) is 24.2.